The Hall–Kier alpha value is -1.82. The monoisotopic (exact) mass is 379 g/mol. The summed E-state index contributed by atoms with van der Waals surface area (Å²) < 4.78 is 29.8. The number of benzene rings is 1. The van der Waals surface area contributed by atoms with Crippen LogP contribution in [-0.4, -0.2) is 14.8 Å². The van der Waals surface area contributed by atoms with Gasteiger partial charge in [0.15, 0.2) is 5.65 Å². The molecule has 0 saturated heterocycles. The van der Waals surface area contributed by atoms with Gasteiger partial charge < -0.3 is 0 Å². The third kappa shape index (κ3) is 2.87. The van der Waals surface area contributed by atoms with Gasteiger partial charge in [0.1, 0.15) is 0 Å². The van der Waals surface area contributed by atoms with Gasteiger partial charge in [-0.15, -0.1) is 0 Å². The molecule has 0 aliphatic rings. The molecule has 0 bridgehead atoms. The molecule has 3 nitrogen and oxygen atoms in total. The van der Waals surface area contributed by atoms with Crippen molar-refractivity contribution in [2.45, 2.75) is 33.2 Å². The Morgan fingerprint density at radius 2 is 1.78 bits per heavy atom. The molecular weight excluding hydrogens is 364 g/mol. The molecule has 6 heteroatoms. The Kier molecular flexibility index (Phi) is 4.19. The third-order valence-electron chi connectivity index (χ3n) is 3.73. The summed E-state index contributed by atoms with van der Waals surface area (Å²) >= 11 is 3.37. The van der Waals surface area contributed by atoms with Crippen molar-refractivity contribution in [2.75, 3.05) is 0 Å². The minimum Gasteiger partial charge on any atom is -0.244 e. The molecule has 0 amide bonds. The second-order valence-electron chi connectivity index (χ2n) is 5.73. The van der Waals surface area contributed by atoms with Gasteiger partial charge in [0, 0.05) is 21.6 Å². The van der Waals surface area contributed by atoms with E-state index in [1.165, 1.54) is 6.07 Å². The van der Waals surface area contributed by atoms with Crippen LogP contribution in [0.1, 0.15) is 37.6 Å². The van der Waals surface area contributed by atoms with Gasteiger partial charge in [-0.1, -0.05) is 28.1 Å². The molecule has 0 atom stereocenters. The molecule has 2 aromatic heterocycles. The molecule has 0 N–H and O–H groups in total. The number of aryl methyl sites for hydroxylation is 1. The predicted octanol–water partition coefficient (Wildman–Crippen LogP) is 5.69. The van der Waals surface area contributed by atoms with E-state index in [1.807, 2.05) is 38.1 Å². The van der Waals surface area contributed by atoms with Crippen molar-refractivity contribution in [1.82, 2.24) is 14.8 Å². The zero-order valence-corrected chi connectivity index (χ0v) is 14.6. The van der Waals surface area contributed by atoms with Crippen LogP contribution in [-0.2, 0) is 0 Å². The molecule has 1 aromatic carbocycles. The number of hydrogen-bond acceptors (Lipinski definition) is 2. The van der Waals surface area contributed by atoms with Crippen molar-refractivity contribution in [3.8, 4) is 11.3 Å². The topological polar surface area (TPSA) is 30.7 Å². The van der Waals surface area contributed by atoms with Crippen molar-refractivity contribution in [3.05, 3.63) is 46.1 Å². The number of pyridine rings is 1. The first kappa shape index (κ1) is 16.1. The third-order valence-corrected chi connectivity index (χ3v) is 4.26. The quantitative estimate of drug-likeness (QED) is 0.585. The van der Waals surface area contributed by atoms with Crippen LogP contribution in [0.2, 0.25) is 0 Å². The molecule has 0 fully saturated rings. The summed E-state index contributed by atoms with van der Waals surface area (Å²) in [6.45, 7) is 5.66. The van der Waals surface area contributed by atoms with E-state index in [2.05, 4.69) is 26.0 Å². The summed E-state index contributed by atoms with van der Waals surface area (Å²) in [7, 11) is 0. The molecule has 2 heterocycles. The number of hydrogen-bond donors (Lipinski definition) is 0. The highest BCUT2D eigenvalue weighted by molar-refractivity contribution is 9.10. The number of nitrogens with zero attached hydrogens (tertiary/aromatic N) is 3. The fraction of sp³-hybridized carbons (Fsp3) is 0.294. The summed E-state index contributed by atoms with van der Waals surface area (Å²) in [5.74, 6) is 0. The van der Waals surface area contributed by atoms with Crippen LogP contribution in [0.25, 0.3) is 22.3 Å². The van der Waals surface area contributed by atoms with Gasteiger partial charge in [-0.2, -0.15) is 5.10 Å². The maximum atomic E-state index is 13.6. The minimum absolute atomic E-state index is 0.0164. The zero-order chi connectivity index (χ0) is 16.7. The highest BCUT2D eigenvalue weighted by atomic mass is 79.9. The smallest absolute Gasteiger partial charge is 0.244 e. The van der Waals surface area contributed by atoms with E-state index in [1.54, 1.807) is 11.6 Å². The summed E-state index contributed by atoms with van der Waals surface area (Å²) in [5, 5.41) is 4.85. The number of fused-ring (bicyclic) bond motifs is 1. The number of aromatic nitrogens is 3. The molecule has 0 radical (unpaired) electrons. The average Bonchev–Trinajstić information content (AvgIpc) is 2.84. The Balaban J connectivity index is 2.32. The maximum absolute atomic E-state index is 13.6. The molecule has 3 rings (SSSR count). The summed E-state index contributed by atoms with van der Waals surface area (Å²) in [5.41, 5.74) is 2.40. The molecular formula is C17H16BrF2N3. The van der Waals surface area contributed by atoms with Gasteiger partial charge in [-0.05, 0) is 39.0 Å². The fourth-order valence-electron chi connectivity index (χ4n) is 2.65. The van der Waals surface area contributed by atoms with E-state index in [0.29, 0.717) is 22.4 Å². The molecule has 0 spiro atoms. The number of rotatable bonds is 3. The van der Waals surface area contributed by atoms with Gasteiger partial charge in [0.25, 0.3) is 6.43 Å². The standard InChI is InChI=1S/C17H16BrF2N3/c1-9(2)23-17-15(10(3)22-23)13(16(19)20)8-14(21-17)11-4-6-12(18)7-5-11/h4-9,16H,1-3H3. The first-order chi connectivity index (χ1) is 10.9. The van der Waals surface area contributed by atoms with Gasteiger partial charge >= 0.3 is 0 Å². The Morgan fingerprint density at radius 1 is 1.13 bits per heavy atom. The van der Waals surface area contributed by atoms with Crippen LogP contribution < -0.4 is 0 Å². The molecule has 0 saturated carbocycles. The van der Waals surface area contributed by atoms with Gasteiger partial charge in [-0.3, -0.25) is 0 Å². The molecule has 0 unspecified atom stereocenters. The van der Waals surface area contributed by atoms with Crippen LogP contribution >= 0.6 is 15.9 Å². The van der Waals surface area contributed by atoms with E-state index in [4.69, 9.17) is 0 Å². The van der Waals surface area contributed by atoms with Crippen LogP contribution in [0.15, 0.2) is 34.8 Å². The SMILES string of the molecule is Cc1nn(C(C)C)c2nc(-c3ccc(Br)cc3)cc(C(F)F)c12. The Bertz CT molecular complexity index is 854. The summed E-state index contributed by atoms with van der Waals surface area (Å²) in [6, 6.07) is 8.97. The van der Waals surface area contributed by atoms with Crippen molar-refractivity contribution >= 4 is 27.0 Å². The van der Waals surface area contributed by atoms with Gasteiger partial charge in [0.2, 0.25) is 0 Å². The van der Waals surface area contributed by atoms with Crippen molar-refractivity contribution in [3.63, 3.8) is 0 Å². The molecule has 0 aliphatic carbocycles. The van der Waals surface area contributed by atoms with E-state index in [0.717, 1.165) is 10.0 Å². The Labute approximate surface area is 141 Å². The fourth-order valence-corrected chi connectivity index (χ4v) is 2.91. The van der Waals surface area contributed by atoms with E-state index in [9.17, 15) is 8.78 Å². The summed E-state index contributed by atoms with van der Waals surface area (Å²) in [6.07, 6.45) is -2.57. The van der Waals surface area contributed by atoms with Crippen LogP contribution in [0.5, 0.6) is 0 Å². The predicted molar refractivity (Wildman–Crippen MR) is 90.7 cm³/mol. The maximum Gasteiger partial charge on any atom is 0.264 e. The average molecular weight is 380 g/mol. The van der Waals surface area contributed by atoms with Crippen LogP contribution in [0.3, 0.4) is 0 Å². The lowest BCUT2D eigenvalue weighted by Crippen LogP contribution is -2.04. The van der Waals surface area contributed by atoms with Crippen LogP contribution in [0, 0.1) is 6.92 Å². The first-order valence-electron chi connectivity index (χ1n) is 7.32. The van der Waals surface area contributed by atoms with Crippen LogP contribution in [0.4, 0.5) is 8.78 Å². The number of halogens is 3. The molecule has 3 aromatic rings. The summed E-state index contributed by atoms with van der Waals surface area (Å²) in [4.78, 5) is 4.61. The van der Waals surface area contributed by atoms with Gasteiger partial charge in [0.05, 0.1) is 16.8 Å². The van der Waals surface area contributed by atoms with E-state index in [-0.39, 0.29) is 11.6 Å². The largest absolute Gasteiger partial charge is 0.264 e. The van der Waals surface area contributed by atoms with Crippen molar-refractivity contribution in [1.29, 1.82) is 0 Å². The molecule has 0 aliphatic heterocycles. The highest BCUT2D eigenvalue weighted by Crippen LogP contribution is 2.34. The lowest BCUT2D eigenvalue weighted by Gasteiger charge is -2.10. The van der Waals surface area contributed by atoms with E-state index >= 15 is 0 Å². The Morgan fingerprint density at radius 3 is 2.35 bits per heavy atom. The molecule has 120 valence electrons. The second-order valence-corrected chi connectivity index (χ2v) is 6.64. The number of alkyl halides is 2. The second kappa shape index (κ2) is 6.00. The first-order valence-corrected chi connectivity index (χ1v) is 8.11. The van der Waals surface area contributed by atoms with Crippen molar-refractivity contribution < 1.29 is 8.78 Å². The normalized spacial score (nSPS) is 11.8. The molecule has 23 heavy (non-hydrogen) atoms. The van der Waals surface area contributed by atoms with E-state index < -0.39 is 6.43 Å². The lowest BCUT2D eigenvalue weighted by atomic mass is 10.1. The highest BCUT2D eigenvalue weighted by Gasteiger charge is 2.21. The van der Waals surface area contributed by atoms with Gasteiger partial charge in [-0.25, -0.2) is 18.4 Å². The van der Waals surface area contributed by atoms with Crippen molar-refractivity contribution in [2.24, 2.45) is 0 Å². The lowest BCUT2D eigenvalue weighted by molar-refractivity contribution is 0.153. The minimum atomic E-state index is -2.57. The zero-order valence-electron chi connectivity index (χ0n) is 13.0.